The van der Waals surface area contributed by atoms with Crippen molar-refractivity contribution < 1.29 is 9.53 Å². The second kappa shape index (κ2) is 10.4. The number of amidine groups is 1. The zero-order valence-electron chi connectivity index (χ0n) is 19.5. The predicted molar refractivity (Wildman–Crippen MR) is 146 cm³/mol. The molecule has 0 saturated heterocycles. The molecule has 4 aromatic carbocycles. The van der Waals surface area contributed by atoms with Crippen molar-refractivity contribution >= 4 is 46.2 Å². The van der Waals surface area contributed by atoms with Crippen molar-refractivity contribution in [2.24, 2.45) is 5.10 Å². The SMILES string of the molecule is CC(=O)C1=NN(c2ccccc2)C(c2ccc(OCc3ccc(Cl)cc3)cc2)N1c1ccc(Cl)cc1. The van der Waals surface area contributed by atoms with Crippen LogP contribution >= 0.6 is 23.2 Å². The number of nitrogens with zero attached hydrogens (tertiary/aromatic N) is 3. The number of hydrazone groups is 1. The quantitative estimate of drug-likeness (QED) is 0.255. The Morgan fingerprint density at radius 1 is 0.806 bits per heavy atom. The van der Waals surface area contributed by atoms with Crippen LogP contribution in [0.4, 0.5) is 11.4 Å². The van der Waals surface area contributed by atoms with Gasteiger partial charge in [0, 0.05) is 22.7 Å². The number of carbonyl (C=O) groups excluding carboxylic acids is 1. The molecular weight excluding hydrogens is 493 g/mol. The van der Waals surface area contributed by atoms with Gasteiger partial charge in [0.25, 0.3) is 0 Å². The summed E-state index contributed by atoms with van der Waals surface area (Å²) in [5.41, 5.74) is 3.68. The Morgan fingerprint density at radius 3 is 2.03 bits per heavy atom. The number of carbonyl (C=O) groups is 1. The maximum Gasteiger partial charge on any atom is 0.198 e. The number of Topliss-reactive ketones (excluding diaryl/α,β-unsaturated/α-hetero) is 1. The third kappa shape index (κ3) is 5.08. The van der Waals surface area contributed by atoms with Gasteiger partial charge >= 0.3 is 0 Å². The fourth-order valence-electron chi connectivity index (χ4n) is 4.09. The van der Waals surface area contributed by atoms with E-state index in [-0.39, 0.29) is 11.9 Å². The highest BCUT2D eigenvalue weighted by Gasteiger charge is 2.39. The summed E-state index contributed by atoms with van der Waals surface area (Å²) in [6, 6.07) is 32.7. The van der Waals surface area contributed by atoms with Crippen LogP contribution in [-0.2, 0) is 11.4 Å². The minimum atomic E-state index is -0.377. The summed E-state index contributed by atoms with van der Waals surface area (Å²) >= 11 is 12.1. The molecule has 0 aliphatic carbocycles. The largest absolute Gasteiger partial charge is 0.489 e. The van der Waals surface area contributed by atoms with E-state index in [0.717, 1.165) is 28.3 Å². The maximum atomic E-state index is 12.7. The predicted octanol–water partition coefficient (Wildman–Crippen LogP) is 7.50. The molecule has 5 nitrogen and oxygen atoms in total. The molecular formula is C29H23Cl2N3O2. The standard InChI is InChI=1S/C29H23Cl2N3O2/c1-20(35)28-32-34(26-5-3-2-4-6-26)29(33(28)25-15-13-24(31)14-16-25)22-9-17-27(18-10-22)36-19-21-7-11-23(30)12-8-21/h2-18,29H,19H2,1H3. The number of benzene rings is 4. The zero-order chi connectivity index (χ0) is 25.1. The van der Waals surface area contributed by atoms with Crippen LogP contribution in [0.5, 0.6) is 5.75 Å². The highest BCUT2D eigenvalue weighted by Crippen LogP contribution is 2.39. The Hall–Kier alpha value is -3.80. The number of hydrogen-bond donors (Lipinski definition) is 0. The van der Waals surface area contributed by atoms with Gasteiger partial charge in [0.15, 0.2) is 17.8 Å². The molecule has 1 heterocycles. The number of ether oxygens (including phenoxy) is 1. The van der Waals surface area contributed by atoms with Gasteiger partial charge in [-0.2, -0.15) is 0 Å². The maximum absolute atomic E-state index is 12.7. The molecule has 0 aromatic heterocycles. The Morgan fingerprint density at radius 2 is 1.42 bits per heavy atom. The third-order valence-electron chi connectivity index (χ3n) is 5.84. The van der Waals surface area contributed by atoms with Crippen LogP contribution in [0.2, 0.25) is 10.0 Å². The van der Waals surface area contributed by atoms with E-state index in [4.69, 9.17) is 33.0 Å². The lowest BCUT2D eigenvalue weighted by molar-refractivity contribution is -0.111. The number of hydrogen-bond acceptors (Lipinski definition) is 5. The van der Waals surface area contributed by atoms with Crippen molar-refractivity contribution in [3.63, 3.8) is 0 Å². The van der Waals surface area contributed by atoms with Gasteiger partial charge in [0.2, 0.25) is 0 Å². The van der Waals surface area contributed by atoms with Crippen molar-refractivity contribution in [1.29, 1.82) is 0 Å². The number of ketones is 1. The van der Waals surface area contributed by atoms with E-state index in [0.29, 0.717) is 22.5 Å². The summed E-state index contributed by atoms with van der Waals surface area (Å²) in [5, 5.41) is 7.94. The molecule has 1 unspecified atom stereocenters. The molecule has 7 heteroatoms. The highest BCUT2D eigenvalue weighted by atomic mass is 35.5. The van der Waals surface area contributed by atoms with Gasteiger partial charge in [-0.15, -0.1) is 5.10 Å². The Balaban J connectivity index is 1.48. The minimum absolute atomic E-state index is 0.128. The van der Waals surface area contributed by atoms with E-state index in [9.17, 15) is 4.79 Å². The first-order chi connectivity index (χ1) is 17.5. The molecule has 1 aliphatic heterocycles. The van der Waals surface area contributed by atoms with Crippen molar-refractivity contribution in [2.45, 2.75) is 19.7 Å². The van der Waals surface area contributed by atoms with Gasteiger partial charge in [-0.25, -0.2) is 5.01 Å². The normalized spacial score (nSPS) is 15.1. The van der Waals surface area contributed by atoms with E-state index < -0.39 is 0 Å². The van der Waals surface area contributed by atoms with Crippen LogP contribution in [0.1, 0.15) is 24.2 Å². The monoisotopic (exact) mass is 515 g/mol. The average molecular weight is 516 g/mol. The van der Waals surface area contributed by atoms with E-state index in [2.05, 4.69) is 0 Å². The van der Waals surface area contributed by atoms with Crippen LogP contribution in [-0.4, -0.2) is 11.6 Å². The van der Waals surface area contributed by atoms with Gasteiger partial charge < -0.3 is 4.74 Å². The highest BCUT2D eigenvalue weighted by molar-refractivity contribution is 6.44. The fourth-order valence-corrected chi connectivity index (χ4v) is 4.34. The van der Waals surface area contributed by atoms with Crippen LogP contribution in [0.25, 0.3) is 0 Å². The molecule has 180 valence electrons. The molecule has 0 amide bonds. The smallest absolute Gasteiger partial charge is 0.198 e. The number of rotatable bonds is 7. The molecule has 5 rings (SSSR count). The van der Waals surface area contributed by atoms with Crippen LogP contribution in [0.3, 0.4) is 0 Å². The van der Waals surface area contributed by atoms with Crippen LogP contribution in [0, 0.1) is 0 Å². The number of halogens is 2. The molecule has 0 bridgehead atoms. The first-order valence-electron chi connectivity index (χ1n) is 11.5. The third-order valence-corrected chi connectivity index (χ3v) is 6.35. The molecule has 4 aromatic rings. The summed E-state index contributed by atoms with van der Waals surface area (Å²) in [4.78, 5) is 14.6. The van der Waals surface area contributed by atoms with E-state index >= 15 is 0 Å². The van der Waals surface area contributed by atoms with E-state index in [1.807, 2.05) is 113 Å². The first-order valence-corrected chi connectivity index (χ1v) is 12.2. The van der Waals surface area contributed by atoms with Crippen LogP contribution < -0.4 is 14.6 Å². The molecule has 0 spiro atoms. The second-order valence-electron chi connectivity index (χ2n) is 8.36. The molecule has 1 aliphatic rings. The zero-order valence-corrected chi connectivity index (χ0v) is 21.0. The average Bonchev–Trinajstić information content (AvgIpc) is 3.31. The van der Waals surface area contributed by atoms with Gasteiger partial charge in [-0.3, -0.25) is 9.69 Å². The minimum Gasteiger partial charge on any atom is -0.489 e. The lowest BCUT2D eigenvalue weighted by atomic mass is 10.1. The Bertz CT molecular complexity index is 1370. The number of para-hydroxylation sites is 1. The topological polar surface area (TPSA) is 45.1 Å². The summed E-state index contributed by atoms with van der Waals surface area (Å²) in [6.07, 6.45) is -0.377. The molecule has 1 atom stereocenters. The van der Waals surface area contributed by atoms with Crippen molar-refractivity contribution in [3.05, 3.63) is 124 Å². The molecule has 0 saturated carbocycles. The number of anilines is 2. The van der Waals surface area contributed by atoms with Crippen LogP contribution in [0.15, 0.2) is 108 Å². The fraction of sp³-hybridized carbons (Fsp3) is 0.103. The summed E-state index contributed by atoms with van der Waals surface area (Å²) in [5.74, 6) is 0.967. The van der Waals surface area contributed by atoms with E-state index in [1.54, 1.807) is 0 Å². The summed E-state index contributed by atoms with van der Waals surface area (Å²) < 4.78 is 5.98. The summed E-state index contributed by atoms with van der Waals surface area (Å²) in [6.45, 7) is 1.96. The summed E-state index contributed by atoms with van der Waals surface area (Å²) in [7, 11) is 0. The van der Waals surface area contributed by atoms with Gasteiger partial charge in [0.1, 0.15) is 12.4 Å². The Kier molecular flexibility index (Phi) is 6.94. The van der Waals surface area contributed by atoms with E-state index in [1.165, 1.54) is 6.92 Å². The van der Waals surface area contributed by atoms with Gasteiger partial charge in [-0.1, -0.05) is 65.7 Å². The lowest BCUT2D eigenvalue weighted by Gasteiger charge is -2.32. The van der Waals surface area contributed by atoms with Crippen molar-refractivity contribution in [2.75, 3.05) is 9.91 Å². The van der Waals surface area contributed by atoms with Crippen molar-refractivity contribution in [1.82, 2.24) is 0 Å². The van der Waals surface area contributed by atoms with Gasteiger partial charge in [-0.05, 0) is 71.8 Å². The Labute approximate surface area is 220 Å². The van der Waals surface area contributed by atoms with Gasteiger partial charge in [0.05, 0.1) is 5.69 Å². The second-order valence-corrected chi connectivity index (χ2v) is 9.24. The molecule has 36 heavy (non-hydrogen) atoms. The van der Waals surface area contributed by atoms with Crippen molar-refractivity contribution in [3.8, 4) is 5.75 Å². The molecule has 0 fully saturated rings. The lowest BCUT2D eigenvalue weighted by Crippen LogP contribution is -2.37. The first kappa shape index (κ1) is 23.9. The molecule has 0 radical (unpaired) electrons. The molecule has 0 N–H and O–H groups in total.